The highest BCUT2D eigenvalue weighted by Crippen LogP contribution is 2.34. The second-order valence-corrected chi connectivity index (χ2v) is 3.79. The van der Waals surface area contributed by atoms with Crippen molar-refractivity contribution in [3.8, 4) is 0 Å². The van der Waals surface area contributed by atoms with Crippen LogP contribution in [0.2, 0.25) is 0 Å². The molecule has 82 valence electrons. The Balaban J connectivity index is 2.15. The van der Waals surface area contributed by atoms with Crippen LogP contribution in [0.4, 0.5) is 0 Å². The summed E-state index contributed by atoms with van der Waals surface area (Å²) in [7, 11) is 0. The van der Waals surface area contributed by atoms with Crippen molar-refractivity contribution in [2.24, 2.45) is 0 Å². The number of fused-ring (bicyclic) bond motifs is 1. The van der Waals surface area contributed by atoms with Crippen LogP contribution in [-0.4, -0.2) is 52.0 Å². The Morgan fingerprint density at radius 1 is 1.14 bits per heavy atom. The Kier molecular flexibility index (Phi) is 2.30. The quantitative estimate of drug-likeness (QED) is 0.448. The molecule has 0 spiro atoms. The molecule has 0 aliphatic carbocycles. The van der Waals surface area contributed by atoms with Crippen LogP contribution < -0.4 is 0 Å². The Hall–Kier alpha value is -0.240. The van der Waals surface area contributed by atoms with Crippen molar-refractivity contribution in [2.45, 2.75) is 50.5 Å². The predicted molar refractivity (Wildman–Crippen MR) is 42.9 cm³/mol. The molecule has 2 rings (SSSR count). The average molecular weight is 206 g/mol. The molecule has 2 heterocycles. The van der Waals surface area contributed by atoms with Crippen molar-refractivity contribution in [1.29, 1.82) is 0 Å². The molecule has 6 heteroatoms. The van der Waals surface area contributed by atoms with Gasteiger partial charge in [-0.2, -0.15) is 0 Å². The Bertz CT molecular complexity index is 230. The number of rotatable bonds is 0. The van der Waals surface area contributed by atoms with Gasteiger partial charge < -0.3 is 24.8 Å². The van der Waals surface area contributed by atoms with Crippen LogP contribution in [0.5, 0.6) is 0 Å². The van der Waals surface area contributed by atoms with Gasteiger partial charge in [-0.3, -0.25) is 4.74 Å². The summed E-state index contributed by atoms with van der Waals surface area (Å²) in [5, 5.41) is 28.5. The molecule has 2 aliphatic rings. The van der Waals surface area contributed by atoms with E-state index in [2.05, 4.69) is 0 Å². The zero-order valence-electron chi connectivity index (χ0n) is 7.95. The van der Waals surface area contributed by atoms with E-state index in [0.717, 1.165) is 0 Å². The van der Waals surface area contributed by atoms with Crippen LogP contribution in [0.25, 0.3) is 0 Å². The van der Waals surface area contributed by atoms with E-state index < -0.39 is 36.7 Å². The first-order valence-electron chi connectivity index (χ1n) is 4.50. The normalized spacial score (nSPS) is 58.5. The SMILES string of the molecule is CC1OC2OC(C)(O)OC2C(O)C1O. The maximum Gasteiger partial charge on any atom is 0.280 e. The van der Waals surface area contributed by atoms with Crippen LogP contribution in [-0.2, 0) is 14.2 Å². The fraction of sp³-hybridized carbons (Fsp3) is 1.00. The molecule has 0 aromatic rings. The molecular weight excluding hydrogens is 192 g/mol. The summed E-state index contributed by atoms with van der Waals surface area (Å²) >= 11 is 0. The first kappa shape index (κ1) is 10.3. The molecular formula is C8H14O6. The van der Waals surface area contributed by atoms with Crippen LogP contribution in [0.15, 0.2) is 0 Å². The van der Waals surface area contributed by atoms with Crippen LogP contribution in [0.1, 0.15) is 13.8 Å². The zero-order valence-corrected chi connectivity index (χ0v) is 7.95. The lowest BCUT2D eigenvalue weighted by Crippen LogP contribution is -2.55. The number of aliphatic hydroxyl groups excluding tert-OH is 2. The minimum Gasteiger partial charge on any atom is -0.388 e. The molecule has 2 fully saturated rings. The summed E-state index contributed by atoms with van der Waals surface area (Å²) in [6.45, 7) is 2.92. The minimum atomic E-state index is -1.76. The molecule has 0 aromatic heterocycles. The third kappa shape index (κ3) is 1.54. The lowest BCUT2D eigenvalue weighted by Gasteiger charge is -2.35. The second-order valence-electron chi connectivity index (χ2n) is 3.79. The number of hydrogen-bond donors (Lipinski definition) is 3. The average Bonchev–Trinajstić information content (AvgIpc) is 2.37. The third-order valence-electron chi connectivity index (χ3n) is 2.47. The van der Waals surface area contributed by atoms with Gasteiger partial charge in [-0.1, -0.05) is 0 Å². The van der Waals surface area contributed by atoms with Crippen molar-refractivity contribution >= 4 is 0 Å². The van der Waals surface area contributed by atoms with E-state index >= 15 is 0 Å². The first-order chi connectivity index (χ1) is 6.41. The Labute approximate surface area is 81.0 Å². The second kappa shape index (κ2) is 3.13. The highest BCUT2D eigenvalue weighted by molar-refractivity contribution is 4.91. The molecule has 2 saturated heterocycles. The van der Waals surface area contributed by atoms with Crippen molar-refractivity contribution in [3.05, 3.63) is 0 Å². The summed E-state index contributed by atoms with van der Waals surface area (Å²) in [5.41, 5.74) is 0. The summed E-state index contributed by atoms with van der Waals surface area (Å²) in [4.78, 5) is 0. The molecule has 3 N–H and O–H groups in total. The maximum absolute atomic E-state index is 9.60. The molecule has 2 aliphatic heterocycles. The molecule has 0 radical (unpaired) electrons. The van der Waals surface area contributed by atoms with Gasteiger partial charge in [0.2, 0.25) is 0 Å². The van der Waals surface area contributed by atoms with Gasteiger partial charge in [-0.25, -0.2) is 0 Å². The lowest BCUT2D eigenvalue weighted by molar-refractivity contribution is -0.320. The van der Waals surface area contributed by atoms with Crippen LogP contribution >= 0.6 is 0 Å². The van der Waals surface area contributed by atoms with E-state index in [0.29, 0.717) is 0 Å². The Morgan fingerprint density at radius 2 is 1.79 bits per heavy atom. The highest BCUT2D eigenvalue weighted by atomic mass is 16.9. The van der Waals surface area contributed by atoms with Gasteiger partial charge in [0.25, 0.3) is 5.97 Å². The van der Waals surface area contributed by atoms with E-state index in [1.807, 2.05) is 0 Å². The van der Waals surface area contributed by atoms with Crippen molar-refractivity contribution in [1.82, 2.24) is 0 Å². The number of ether oxygens (including phenoxy) is 3. The fourth-order valence-corrected chi connectivity index (χ4v) is 1.72. The largest absolute Gasteiger partial charge is 0.388 e. The molecule has 0 bridgehead atoms. The molecule has 6 nitrogen and oxygen atoms in total. The lowest BCUT2D eigenvalue weighted by atomic mass is 10.0. The molecule has 0 saturated carbocycles. The first-order valence-corrected chi connectivity index (χ1v) is 4.50. The number of hydrogen-bond acceptors (Lipinski definition) is 6. The highest BCUT2D eigenvalue weighted by Gasteiger charge is 2.53. The number of aliphatic hydroxyl groups is 3. The van der Waals surface area contributed by atoms with E-state index in [1.54, 1.807) is 6.92 Å². The predicted octanol–water partition coefficient (Wildman–Crippen LogP) is -1.47. The van der Waals surface area contributed by atoms with Crippen molar-refractivity contribution in [2.75, 3.05) is 0 Å². The standard InChI is InChI=1S/C8H14O6/c1-3-4(9)5(10)6-7(12-3)14-8(2,11)13-6/h3-7,9-11H,1-2H3. The van der Waals surface area contributed by atoms with E-state index in [1.165, 1.54) is 6.92 Å². The summed E-state index contributed by atoms with van der Waals surface area (Å²) in [6, 6.07) is 0. The maximum atomic E-state index is 9.60. The van der Waals surface area contributed by atoms with Crippen molar-refractivity contribution in [3.63, 3.8) is 0 Å². The zero-order chi connectivity index (χ0) is 10.5. The monoisotopic (exact) mass is 206 g/mol. The molecule has 14 heavy (non-hydrogen) atoms. The topological polar surface area (TPSA) is 88.4 Å². The van der Waals surface area contributed by atoms with Gasteiger partial charge in [0.05, 0.1) is 6.10 Å². The summed E-state index contributed by atoms with van der Waals surface area (Å²) in [5.74, 6) is -1.76. The summed E-state index contributed by atoms with van der Waals surface area (Å²) in [6.07, 6.45) is -4.38. The van der Waals surface area contributed by atoms with Gasteiger partial charge in [-0.15, -0.1) is 0 Å². The van der Waals surface area contributed by atoms with Gasteiger partial charge in [0, 0.05) is 6.92 Å². The van der Waals surface area contributed by atoms with Gasteiger partial charge >= 0.3 is 0 Å². The van der Waals surface area contributed by atoms with Crippen molar-refractivity contribution < 1.29 is 29.5 Å². The molecule has 0 aromatic carbocycles. The van der Waals surface area contributed by atoms with Crippen LogP contribution in [0, 0.1) is 0 Å². The van der Waals surface area contributed by atoms with E-state index in [-0.39, 0.29) is 0 Å². The van der Waals surface area contributed by atoms with Gasteiger partial charge in [0.15, 0.2) is 6.29 Å². The smallest absolute Gasteiger partial charge is 0.280 e. The van der Waals surface area contributed by atoms with Crippen LogP contribution in [0.3, 0.4) is 0 Å². The minimum absolute atomic E-state index is 0.552. The third-order valence-corrected chi connectivity index (χ3v) is 2.47. The molecule has 6 unspecified atom stereocenters. The molecule has 6 atom stereocenters. The fourth-order valence-electron chi connectivity index (χ4n) is 1.72. The van der Waals surface area contributed by atoms with E-state index in [4.69, 9.17) is 14.2 Å². The Morgan fingerprint density at radius 3 is 2.43 bits per heavy atom. The summed E-state index contributed by atoms with van der Waals surface area (Å²) < 4.78 is 15.2. The van der Waals surface area contributed by atoms with E-state index in [9.17, 15) is 15.3 Å². The van der Waals surface area contributed by atoms with Gasteiger partial charge in [-0.05, 0) is 6.92 Å². The molecule has 0 amide bonds. The van der Waals surface area contributed by atoms with Gasteiger partial charge in [0.1, 0.15) is 18.3 Å².